The Hall–Kier alpha value is -1.77. The van der Waals surface area contributed by atoms with E-state index in [2.05, 4.69) is 5.10 Å². The minimum Gasteiger partial charge on any atom is -0.395 e. The van der Waals surface area contributed by atoms with E-state index in [-0.39, 0.29) is 18.0 Å². The van der Waals surface area contributed by atoms with E-state index < -0.39 is 21.9 Å². The molecule has 1 atom stereocenters. The SMILES string of the molecule is O=S(=O)(c1ccc(F)cc1)N1Cc2ccnn2CC[C@H]1CO. The first-order chi connectivity index (χ1) is 10.5. The van der Waals surface area contributed by atoms with Gasteiger partial charge >= 0.3 is 0 Å². The fourth-order valence-electron chi connectivity index (χ4n) is 2.61. The van der Waals surface area contributed by atoms with E-state index in [1.165, 1.54) is 16.4 Å². The van der Waals surface area contributed by atoms with E-state index in [1.807, 2.05) is 0 Å². The Morgan fingerprint density at radius 1 is 1.27 bits per heavy atom. The van der Waals surface area contributed by atoms with Crippen molar-refractivity contribution in [2.24, 2.45) is 0 Å². The number of aromatic nitrogens is 2. The van der Waals surface area contributed by atoms with Crippen LogP contribution < -0.4 is 0 Å². The number of aliphatic hydroxyl groups is 1. The fourth-order valence-corrected chi connectivity index (χ4v) is 4.22. The summed E-state index contributed by atoms with van der Waals surface area (Å²) >= 11 is 0. The first-order valence-electron chi connectivity index (χ1n) is 6.91. The molecule has 2 aromatic rings. The van der Waals surface area contributed by atoms with E-state index >= 15 is 0 Å². The van der Waals surface area contributed by atoms with Crippen molar-refractivity contribution in [1.29, 1.82) is 0 Å². The number of sulfonamides is 1. The van der Waals surface area contributed by atoms with Gasteiger partial charge in [-0.1, -0.05) is 0 Å². The van der Waals surface area contributed by atoms with Gasteiger partial charge in [-0.25, -0.2) is 12.8 Å². The first kappa shape index (κ1) is 15.1. The topological polar surface area (TPSA) is 75.4 Å². The summed E-state index contributed by atoms with van der Waals surface area (Å²) in [4.78, 5) is 0.0142. The van der Waals surface area contributed by atoms with Crippen LogP contribution in [-0.4, -0.2) is 40.3 Å². The highest BCUT2D eigenvalue weighted by Gasteiger charge is 2.34. The van der Waals surface area contributed by atoms with Crippen molar-refractivity contribution >= 4 is 10.0 Å². The second-order valence-corrected chi connectivity index (χ2v) is 7.07. The second kappa shape index (κ2) is 5.79. The van der Waals surface area contributed by atoms with E-state index in [9.17, 15) is 17.9 Å². The number of aliphatic hydroxyl groups excluding tert-OH is 1. The summed E-state index contributed by atoms with van der Waals surface area (Å²) in [6.07, 6.45) is 2.09. The number of benzene rings is 1. The summed E-state index contributed by atoms with van der Waals surface area (Å²) in [6, 6.07) is 5.93. The van der Waals surface area contributed by atoms with Crippen LogP contribution in [0.2, 0.25) is 0 Å². The Balaban J connectivity index is 2.01. The third-order valence-corrected chi connectivity index (χ3v) is 5.75. The van der Waals surface area contributed by atoms with Crippen LogP contribution in [0, 0.1) is 5.82 Å². The van der Waals surface area contributed by atoms with Crippen LogP contribution in [0.3, 0.4) is 0 Å². The van der Waals surface area contributed by atoms with Crippen molar-refractivity contribution < 1.29 is 17.9 Å². The molecule has 1 N–H and O–H groups in total. The Labute approximate surface area is 127 Å². The van der Waals surface area contributed by atoms with Crippen molar-refractivity contribution in [1.82, 2.24) is 14.1 Å². The van der Waals surface area contributed by atoms with Gasteiger partial charge in [0.25, 0.3) is 0 Å². The summed E-state index contributed by atoms with van der Waals surface area (Å²) in [5.74, 6) is -0.494. The van der Waals surface area contributed by atoms with Crippen molar-refractivity contribution in [3.8, 4) is 0 Å². The van der Waals surface area contributed by atoms with Crippen molar-refractivity contribution in [2.75, 3.05) is 6.61 Å². The molecule has 1 aliphatic heterocycles. The van der Waals surface area contributed by atoms with E-state index in [0.29, 0.717) is 13.0 Å². The average Bonchev–Trinajstić information content (AvgIpc) is 2.86. The molecule has 0 fully saturated rings. The van der Waals surface area contributed by atoms with Gasteiger partial charge in [0, 0.05) is 12.7 Å². The van der Waals surface area contributed by atoms with Gasteiger partial charge in [0.05, 0.1) is 29.8 Å². The van der Waals surface area contributed by atoms with Gasteiger partial charge in [-0.15, -0.1) is 0 Å². The predicted molar refractivity (Wildman–Crippen MR) is 76.8 cm³/mol. The van der Waals surface area contributed by atoms with Crippen LogP contribution in [0.1, 0.15) is 12.1 Å². The number of aryl methyl sites for hydroxylation is 1. The van der Waals surface area contributed by atoms with Gasteiger partial charge in [-0.05, 0) is 36.8 Å². The largest absolute Gasteiger partial charge is 0.395 e. The Morgan fingerprint density at radius 2 is 2.00 bits per heavy atom. The first-order valence-corrected chi connectivity index (χ1v) is 8.35. The molecule has 6 nitrogen and oxygen atoms in total. The van der Waals surface area contributed by atoms with Crippen LogP contribution in [-0.2, 0) is 23.1 Å². The minimum absolute atomic E-state index is 0.0142. The monoisotopic (exact) mass is 325 g/mol. The number of hydrogen-bond donors (Lipinski definition) is 1. The molecule has 22 heavy (non-hydrogen) atoms. The lowest BCUT2D eigenvalue weighted by molar-refractivity contribution is 0.178. The van der Waals surface area contributed by atoms with Crippen molar-refractivity contribution in [3.63, 3.8) is 0 Å². The lowest BCUT2D eigenvalue weighted by Gasteiger charge is -2.27. The molecule has 2 heterocycles. The van der Waals surface area contributed by atoms with Crippen LogP contribution >= 0.6 is 0 Å². The highest BCUT2D eigenvalue weighted by Crippen LogP contribution is 2.25. The van der Waals surface area contributed by atoms with Crippen LogP contribution in [0.4, 0.5) is 4.39 Å². The highest BCUT2D eigenvalue weighted by atomic mass is 32.2. The Bertz CT molecular complexity index is 758. The van der Waals surface area contributed by atoms with Crippen LogP contribution in [0.5, 0.6) is 0 Å². The summed E-state index contributed by atoms with van der Waals surface area (Å²) in [5.41, 5.74) is 0.765. The normalized spacial score (nSPS) is 19.6. The number of halogens is 1. The van der Waals surface area contributed by atoms with Crippen LogP contribution in [0.15, 0.2) is 41.4 Å². The molecule has 0 bridgehead atoms. The van der Waals surface area contributed by atoms with Crippen molar-refractivity contribution in [2.45, 2.75) is 30.4 Å². The van der Waals surface area contributed by atoms with E-state index in [4.69, 9.17) is 0 Å². The maximum absolute atomic E-state index is 13.0. The molecule has 0 aliphatic carbocycles. The van der Waals surface area contributed by atoms with Gasteiger partial charge < -0.3 is 5.11 Å². The van der Waals surface area contributed by atoms with Gasteiger partial charge in [-0.2, -0.15) is 9.40 Å². The molecule has 1 aliphatic rings. The molecule has 0 radical (unpaired) electrons. The third-order valence-electron chi connectivity index (χ3n) is 3.83. The predicted octanol–water partition coefficient (Wildman–Crippen LogP) is 0.978. The molecule has 0 saturated heterocycles. The molecule has 1 aromatic carbocycles. The average molecular weight is 325 g/mol. The van der Waals surface area contributed by atoms with Gasteiger partial charge in [0.15, 0.2) is 0 Å². The van der Waals surface area contributed by atoms with Gasteiger partial charge in [0.2, 0.25) is 10.0 Å². The smallest absolute Gasteiger partial charge is 0.243 e. The number of hydrogen-bond acceptors (Lipinski definition) is 4. The quantitative estimate of drug-likeness (QED) is 0.913. The number of nitrogens with zero attached hydrogens (tertiary/aromatic N) is 3. The maximum atomic E-state index is 13.0. The van der Waals surface area contributed by atoms with E-state index in [1.54, 1.807) is 16.9 Å². The lowest BCUT2D eigenvalue weighted by Crippen LogP contribution is -2.41. The Morgan fingerprint density at radius 3 is 2.68 bits per heavy atom. The Kier molecular flexibility index (Phi) is 3.98. The minimum atomic E-state index is -3.82. The third kappa shape index (κ3) is 2.65. The molecule has 0 amide bonds. The highest BCUT2D eigenvalue weighted by molar-refractivity contribution is 7.89. The molecule has 0 saturated carbocycles. The zero-order chi connectivity index (χ0) is 15.7. The molecular weight excluding hydrogens is 309 g/mol. The molecular formula is C14H16FN3O3S. The molecule has 3 rings (SSSR count). The summed E-state index contributed by atoms with van der Waals surface area (Å²) in [7, 11) is -3.82. The lowest BCUT2D eigenvalue weighted by atomic mass is 10.2. The maximum Gasteiger partial charge on any atom is 0.243 e. The molecule has 0 unspecified atom stereocenters. The molecule has 0 spiro atoms. The second-order valence-electron chi connectivity index (χ2n) is 5.17. The zero-order valence-corrected chi connectivity index (χ0v) is 12.6. The van der Waals surface area contributed by atoms with E-state index in [0.717, 1.165) is 17.8 Å². The summed E-state index contributed by atoms with van der Waals surface area (Å²) in [6.45, 7) is 0.402. The van der Waals surface area contributed by atoms with Crippen LogP contribution in [0.25, 0.3) is 0 Å². The summed E-state index contributed by atoms with van der Waals surface area (Å²) < 4.78 is 41.7. The fraction of sp³-hybridized carbons (Fsp3) is 0.357. The molecule has 118 valence electrons. The standard InChI is InChI=1S/C14H16FN3O3S/c15-11-1-3-14(4-2-11)22(20,21)18-9-12-5-7-16-17(12)8-6-13(18)10-19/h1-5,7,13,19H,6,8-10H2/t13-/m0/s1. The zero-order valence-electron chi connectivity index (χ0n) is 11.8. The van der Waals surface area contributed by atoms with Gasteiger partial charge in [-0.3, -0.25) is 4.68 Å². The molecule has 1 aromatic heterocycles. The number of rotatable bonds is 3. The van der Waals surface area contributed by atoms with Gasteiger partial charge in [0.1, 0.15) is 5.82 Å². The number of fused-ring (bicyclic) bond motifs is 1. The molecule has 8 heteroatoms. The summed E-state index contributed by atoms with van der Waals surface area (Å²) in [5, 5.41) is 13.7. The van der Waals surface area contributed by atoms with Crippen molar-refractivity contribution in [3.05, 3.63) is 48.0 Å².